The van der Waals surface area contributed by atoms with E-state index < -0.39 is 8.32 Å². The summed E-state index contributed by atoms with van der Waals surface area (Å²) in [6.07, 6.45) is 4.23. The number of hydrogen-bond donors (Lipinski definition) is 1. The lowest BCUT2D eigenvalue weighted by atomic mass is 10.1. The summed E-state index contributed by atoms with van der Waals surface area (Å²) < 4.78 is 6.26. The molecule has 0 aromatic heterocycles. The Bertz CT molecular complexity index is 753. The van der Waals surface area contributed by atoms with Gasteiger partial charge in [0, 0.05) is 30.2 Å². The molecule has 2 aliphatic heterocycles. The largest absolute Gasteiger partial charge is 0.416 e. The van der Waals surface area contributed by atoms with Gasteiger partial charge < -0.3 is 14.6 Å². The molecule has 0 saturated carbocycles. The zero-order valence-electron chi connectivity index (χ0n) is 16.9. The third kappa shape index (κ3) is 4.33. The molecule has 1 unspecified atom stereocenters. The van der Waals surface area contributed by atoms with E-state index >= 15 is 0 Å². The van der Waals surface area contributed by atoms with Gasteiger partial charge in [-0.1, -0.05) is 51.1 Å². The first kappa shape index (κ1) is 20.2. The number of amides is 1. The molecule has 0 spiro atoms. The van der Waals surface area contributed by atoms with Crippen LogP contribution in [-0.4, -0.2) is 38.4 Å². The molecule has 6 heteroatoms. The Morgan fingerprint density at radius 3 is 2.63 bits per heavy atom. The van der Waals surface area contributed by atoms with Gasteiger partial charge in [-0.25, -0.2) is 0 Å². The number of carbonyl (C=O) groups excluding carboxylic acids is 1. The van der Waals surface area contributed by atoms with Crippen LogP contribution in [0.2, 0.25) is 18.1 Å². The highest BCUT2D eigenvalue weighted by Crippen LogP contribution is 2.37. The third-order valence-electron chi connectivity index (χ3n) is 5.60. The zero-order chi connectivity index (χ0) is 19.7. The smallest absolute Gasteiger partial charge is 0.243 e. The van der Waals surface area contributed by atoms with Crippen molar-refractivity contribution in [2.45, 2.75) is 44.2 Å². The maximum atomic E-state index is 12.6. The van der Waals surface area contributed by atoms with Gasteiger partial charge in [-0.3, -0.25) is 4.79 Å². The predicted octanol–water partition coefficient (Wildman–Crippen LogP) is 4.53. The van der Waals surface area contributed by atoms with Crippen molar-refractivity contribution in [2.75, 3.05) is 23.8 Å². The summed E-state index contributed by atoms with van der Waals surface area (Å²) in [4.78, 5) is 14.8. The molecule has 4 nitrogen and oxygen atoms in total. The van der Waals surface area contributed by atoms with Crippen molar-refractivity contribution in [3.8, 4) is 0 Å². The first-order chi connectivity index (χ1) is 12.7. The first-order valence-electron chi connectivity index (χ1n) is 9.50. The van der Waals surface area contributed by atoms with Crippen molar-refractivity contribution in [3.63, 3.8) is 0 Å². The fourth-order valence-corrected chi connectivity index (χ4v) is 5.16. The fourth-order valence-electron chi connectivity index (χ4n) is 2.97. The van der Waals surface area contributed by atoms with E-state index in [1.54, 1.807) is 11.8 Å². The minimum Gasteiger partial charge on any atom is -0.416 e. The Morgan fingerprint density at radius 1 is 1.26 bits per heavy atom. The van der Waals surface area contributed by atoms with E-state index in [4.69, 9.17) is 4.43 Å². The van der Waals surface area contributed by atoms with Crippen molar-refractivity contribution in [2.24, 2.45) is 0 Å². The van der Waals surface area contributed by atoms with Gasteiger partial charge >= 0.3 is 0 Å². The number of nitrogens with one attached hydrogen (secondary N) is 1. The van der Waals surface area contributed by atoms with E-state index in [1.807, 2.05) is 18.2 Å². The maximum absolute atomic E-state index is 12.6. The number of benzene rings is 1. The molecule has 1 aromatic rings. The second-order valence-corrected chi connectivity index (χ2v) is 14.5. The topological polar surface area (TPSA) is 41.6 Å². The van der Waals surface area contributed by atoms with Gasteiger partial charge in [-0.05, 0) is 30.3 Å². The lowest BCUT2D eigenvalue weighted by molar-refractivity contribution is -0.118. The number of para-hydroxylation sites is 1. The average Bonchev–Trinajstić information content (AvgIpc) is 2.94. The van der Waals surface area contributed by atoms with Crippen molar-refractivity contribution < 1.29 is 9.22 Å². The Morgan fingerprint density at radius 2 is 1.96 bits per heavy atom. The molecule has 146 valence electrons. The molecule has 0 radical (unpaired) electrons. The van der Waals surface area contributed by atoms with Gasteiger partial charge in [0.1, 0.15) is 11.1 Å². The Balaban J connectivity index is 1.64. The van der Waals surface area contributed by atoms with Crippen LogP contribution in [-0.2, 0) is 9.22 Å². The molecule has 1 atom stereocenters. The van der Waals surface area contributed by atoms with Crippen LogP contribution in [0.5, 0.6) is 0 Å². The van der Waals surface area contributed by atoms with E-state index in [1.165, 1.54) is 0 Å². The summed E-state index contributed by atoms with van der Waals surface area (Å²) in [5, 5.41) is 3.15. The average molecular weight is 403 g/mol. The number of rotatable bonds is 6. The molecule has 0 bridgehead atoms. The van der Waals surface area contributed by atoms with E-state index in [2.05, 4.69) is 68.4 Å². The van der Waals surface area contributed by atoms with E-state index in [0.717, 1.165) is 29.4 Å². The molecular weight excluding hydrogens is 372 g/mol. The number of anilines is 1. The molecule has 0 saturated heterocycles. The van der Waals surface area contributed by atoms with Crippen LogP contribution in [0.3, 0.4) is 0 Å². The molecule has 3 rings (SSSR count). The van der Waals surface area contributed by atoms with Crippen LogP contribution in [0.15, 0.2) is 53.9 Å². The van der Waals surface area contributed by atoms with Crippen LogP contribution in [0.25, 0.3) is 0 Å². The monoisotopic (exact) mass is 402 g/mol. The Kier molecular flexibility index (Phi) is 5.89. The molecule has 1 N–H and O–H groups in total. The first-order valence-corrected chi connectivity index (χ1v) is 13.5. The molecule has 2 aliphatic rings. The number of allylic oxidation sites excluding steroid dienone is 1. The molecule has 1 amide bonds. The van der Waals surface area contributed by atoms with E-state index in [-0.39, 0.29) is 16.2 Å². The number of hydrogen-bond acceptors (Lipinski definition) is 4. The second kappa shape index (κ2) is 7.85. The van der Waals surface area contributed by atoms with Gasteiger partial charge in [-0.2, -0.15) is 0 Å². The zero-order valence-corrected chi connectivity index (χ0v) is 18.7. The van der Waals surface area contributed by atoms with Crippen LogP contribution >= 0.6 is 11.8 Å². The number of carbonyl (C=O) groups is 1. The van der Waals surface area contributed by atoms with Crippen LogP contribution in [0, 0.1) is 0 Å². The summed E-state index contributed by atoms with van der Waals surface area (Å²) in [7, 11) is -1.74. The highest BCUT2D eigenvalue weighted by molar-refractivity contribution is 8.00. The molecule has 0 aliphatic carbocycles. The molecular formula is C21H30N2O2SSi. The van der Waals surface area contributed by atoms with Crippen LogP contribution in [0.1, 0.15) is 20.8 Å². The van der Waals surface area contributed by atoms with E-state index in [0.29, 0.717) is 6.61 Å². The van der Waals surface area contributed by atoms with Crippen molar-refractivity contribution in [3.05, 3.63) is 53.9 Å². The molecule has 2 heterocycles. The fraction of sp³-hybridized carbons (Fsp3) is 0.476. The third-order valence-corrected chi connectivity index (χ3v) is 11.3. The van der Waals surface area contributed by atoms with E-state index in [9.17, 15) is 4.79 Å². The number of nitrogens with zero attached hydrogens (tertiary/aromatic N) is 1. The van der Waals surface area contributed by atoms with Crippen LogP contribution < -0.4 is 10.2 Å². The summed E-state index contributed by atoms with van der Waals surface area (Å²) in [6.45, 7) is 12.7. The lowest BCUT2D eigenvalue weighted by Crippen LogP contribution is -2.41. The van der Waals surface area contributed by atoms with Gasteiger partial charge in [0.25, 0.3) is 0 Å². The SMILES string of the molecule is CC(C)(C)[Si](C)(C)OCCSC1C(=O)NC2=C1C=CCN2c1ccccc1. The highest BCUT2D eigenvalue weighted by atomic mass is 32.2. The Hall–Kier alpha value is -1.50. The minimum atomic E-state index is -1.74. The van der Waals surface area contributed by atoms with Crippen molar-refractivity contribution >= 4 is 31.7 Å². The predicted molar refractivity (Wildman–Crippen MR) is 117 cm³/mol. The van der Waals surface area contributed by atoms with Gasteiger partial charge in [0.15, 0.2) is 8.32 Å². The quantitative estimate of drug-likeness (QED) is 0.561. The maximum Gasteiger partial charge on any atom is 0.243 e. The Labute approximate surface area is 168 Å². The summed E-state index contributed by atoms with van der Waals surface area (Å²) in [6, 6.07) is 10.2. The lowest BCUT2D eigenvalue weighted by Gasteiger charge is -2.36. The summed E-state index contributed by atoms with van der Waals surface area (Å²) >= 11 is 1.68. The van der Waals surface area contributed by atoms with Crippen molar-refractivity contribution in [1.82, 2.24) is 5.32 Å². The normalized spacial score (nSPS) is 20.1. The van der Waals surface area contributed by atoms with Crippen LogP contribution in [0.4, 0.5) is 5.69 Å². The van der Waals surface area contributed by atoms with Crippen molar-refractivity contribution in [1.29, 1.82) is 0 Å². The molecule has 0 fully saturated rings. The molecule has 1 aromatic carbocycles. The standard InChI is InChI=1S/C21H30N2O2SSi/c1-21(2,3)27(4,5)25-14-15-26-18-17-12-9-13-23(19(17)22-20(18)24)16-10-7-6-8-11-16/h6-12,18H,13-15H2,1-5H3,(H,22,24). The minimum absolute atomic E-state index is 0.0739. The van der Waals surface area contributed by atoms with Gasteiger partial charge in [0.05, 0.1) is 0 Å². The van der Waals surface area contributed by atoms with Gasteiger partial charge in [0.2, 0.25) is 5.91 Å². The molecule has 27 heavy (non-hydrogen) atoms. The highest BCUT2D eigenvalue weighted by Gasteiger charge is 2.38. The summed E-state index contributed by atoms with van der Waals surface area (Å²) in [5.41, 5.74) is 2.17. The second-order valence-electron chi connectivity index (χ2n) is 8.50. The number of thioether (sulfide) groups is 1. The summed E-state index contributed by atoms with van der Waals surface area (Å²) in [5.74, 6) is 1.82. The van der Waals surface area contributed by atoms with Gasteiger partial charge in [-0.15, -0.1) is 11.8 Å².